The number of fused-ring (bicyclic) bond motifs is 1. The van der Waals surface area contributed by atoms with Crippen molar-refractivity contribution in [1.82, 2.24) is 9.13 Å². The van der Waals surface area contributed by atoms with Crippen molar-refractivity contribution in [2.24, 2.45) is 0 Å². The third kappa shape index (κ3) is 3.60. The van der Waals surface area contributed by atoms with E-state index in [1.165, 1.54) is 4.57 Å². The van der Waals surface area contributed by atoms with Crippen LogP contribution in [0.1, 0.15) is 12.5 Å². The molecule has 7 nitrogen and oxygen atoms in total. The molecule has 1 aromatic carbocycles. The van der Waals surface area contributed by atoms with Crippen LogP contribution in [0.4, 0.5) is 5.82 Å². The van der Waals surface area contributed by atoms with Crippen molar-refractivity contribution >= 4 is 29.8 Å². The van der Waals surface area contributed by atoms with Crippen molar-refractivity contribution in [2.45, 2.75) is 13.2 Å². The number of hydrogen-bond acceptors (Lipinski definition) is 5. The molecule has 4 rings (SSSR count). The van der Waals surface area contributed by atoms with Gasteiger partial charge in [0.15, 0.2) is 0 Å². The number of anilines is 1. The number of halogens is 1. The molecule has 0 saturated carbocycles. The summed E-state index contributed by atoms with van der Waals surface area (Å²) >= 11 is 6.05. The second-order valence-electron chi connectivity index (χ2n) is 6.70. The molecule has 0 aliphatic carbocycles. The Morgan fingerprint density at radius 1 is 1.23 bits per heavy atom. The molecule has 1 atom stereocenters. The molecule has 3 N–H and O–H groups in total. The van der Waals surface area contributed by atoms with Gasteiger partial charge < -0.3 is 10.1 Å². The molecule has 0 radical (unpaired) electrons. The highest BCUT2D eigenvalue weighted by atomic mass is 35.5. The molecule has 3 aromatic rings. The van der Waals surface area contributed by atoms with Gasteiger partial charge in [0.2, 0.25) is 0 Å². The lowest BCUT2D eigenvalue weighted by Gasteiger charge is -2.26. The second-order valence-corrected chi connectivity index (χ2v) is 7.13. The van der Waals surface area contributed by atoms with Gasteiger partial charge in [-0.3, -0.25) is 24.7 Å². The predicted octanol–water partition coefficient (Wildman–Crippen LogP) is 3.70. The lowest BCUT2D eigenvalue weighted by molar-refractivity contribution is 0.115. The molecule has 152 valence electrons. The number of rotatable bonds is 5. The summed E-state index contributed by atoms with van der Waals surface area (Å²) in [6, 6.07) is 12.1. The summed E-state index contributed by atoms with van der Waals surface area (Å²) in [7, 11) is 0. The summed E-state index contributed by atoms with van der Waals surface area (Å²) in [5, 5.41) is 19.2. The number of hydrogen-bond donors (Lipinski definition) is 3. The lowest BCUT2D eigenvalue weighted by Crippen LogP contribution is -2.31. The molecule has 0 bridgehead atoms. The van der Waals surface area contributed by atoms with Crippen LogP contribution in [0, 0.1) is 10.8 Å². The largest absolute Gasteiger partial charge is 0.355 e. The molecule has 3 heterocycles. The van der Waals surface area contributed by atoms with E-state index in [2.05, 4.69) is 5.32 Å². The normalized spacial score (nSPS) is 14.8. The third-order valence-electron chi connectivity index (χ3n) is 4.82. The summed E-state index contributed by atoms with van der Waals surface area (Å²) in [6.45, 7) is 2.44. The zero-order valence-corrected chi connectivity index (χ0v) is 17.0. The Hall–Kier alpha value is -3.42. The molecular formula is C22H20ClN5O2. The first-order chi connectivity index (χ1) is 14.5. The van der Waals surface area contributed by atoms with E-state index in [1.807, 2.05) is 25.1 Å². The van der Waals surface area contributed by atoms with E-state index < -0.39 is 0 Å². The van der Waals surface area contributed by atoms with Crippen LogP contribution < -0.4 is 16.4 Å². The quantitative estimate of drug-likeness (QED) is 0.433. The van der Waals surface area contributed by atoms with E-state index in [4.69, 9.17) is 27.2 Å². The van der Waals surface area contributed by atoms with E-state index in [9.17, 15) is 4.79 Å². The number of nitrogens with zero attached hydrogens (tertiary/aromatic N) is 2. The first-order valence-electron chi connectivity index (χ1n) is 9.42. The molecule has 1 aliphatic rings. The molecule has 30 heavy (non-hydrogen) atoms. The topological polar surface area (TPSA) is 95.9 Å². The maximum atomic E-state index is 13.6. The van der Waals surface area contributed by atoms with Gasteiger partial charge in [-0.2, -0.15) is 0 Å². The molecule has 0 amide bonds. The fourth-order valence-electron chi connectivity index (χ4n) is 3.39. The SMILES string of the molecule is CCOC1C=Cc2cc(-c3ccc(=N)n(C=N)c3)c(=O)n(-c3ccc(Cl)cc3)c2N1. The Bertz CT molecular complexity index is 1260. The van der Waals surface area contributed by atoms with Crippen LogP contribution in [-0.2, 0) is 4.74 Å². The van der Waals surface area contributed by atoms with Gasteiger partial charge in [-0.1, -0.05) is 17.7 Å². The van der Waals surface area contributed by atoms with Crippen LogP contribution in [0.5, 0.6) is 0 Å². The van der Waals surface area contributed by atoms with E-state index in [0.717, 1.165) is 11.9 Å². The highest BCUT2D eigenvalue weighted by Gasteiger charge is 2.21. The van der Waals surface area contributed by atoms with Crippen LogP contribution in [0.2, 0.25) is 5.02 Å². The Morgan fingerprint density at radius 3 is 2.70 bits per heavy atom. The average molecular weight is 422 g/mol. The lowest BCUT2D eigenvalue weighted by atomic mass is 10.0. The minimum Gasteiger partial charge on any atom is -0.355 e. The van der Waals surface area contributed by atoms with E-state index in [-0.39, 0.29) is 17.3 Å². The van der Waals surface area contributed by atoms with E-state index in [1.54, 1.807) is 47.2 Å². The maximum absolute atomic E-state index is 13.6. The molecule has 8 heteroatoms. The van der Waals surface area contributed by atoms with Crippen LogP contribution >= 0.6 is 11.6 Å². The number of pyridine rings is 2. The zero-order chi connectivity index (χ0) is 21.3. The minimum atomic E-state index is -0.339. The second kappa shape index (κ2) is 8.14. The summed E-state index contributed by atoms with van der Waals surface area (Å²) in [5.41, 5.74) is 2.49. The summed E-state index contributed by atoms with van der Waals surface area (Å²) in [6.07, 6.45) is 6.13. The van der Waals surface area contributed by atoms with Crippen molar-refractivity contribution < 1.29 is 4.74 Å². The number of aromatic nitrogens is 2. The fourth-order valence-corrected chi connectivity index (χ4v) is 3.51. The van der Waals surface area contributed by atoms with Crippen LogP contribution in [-0.4, -0.2) is 28.3 Å². The van der Waals surface area contributed by atoms with Gasteiger partial charge >= 0.3 is 0 Å². The number of ether oxygens (including phenoxy) is 1. The molecule has 1 aliphatic heterocycles. The van der Waals surface area contributed by atoms with E-state index >= 15 is 0 Å². The molecule has 1 unspecified atom stereocenters. The highest BCUT2D eigenvalue weighted by Crippen LogP contribution is 2.29. The smallest absolute Gasteiger partial charge is 0.264 e. The van der Waals surface area contributed by atoms with Gasteiger partial charge in [0, 0.05) is 34.5 Å². The maximum Gasteiger partial charge on any atom is 0.264 e. The monoisotopic (exact) mass is 421 g/mol. The van der Waals surface area contributed by atoms with Gasteiger partial charge in [0.25, 0.3) is 5.56 Å². The minimum absolute atomic E-state index is 0.158. The first kappa shape index (κ1) is 19.9. The van der Waals surface area contributed by atoms with Crippen LogP contribution in [0.15, 0.2) is 59.5 Å². The molecule has 2 aromatic heterocycles. The Kier molecular flexibility index (Phi) is 5.39. The van der Waals surface area contributed by atoms with Crippen molar-refractivity contribution in [3.63, 3.8) is 0 Å². The van der Waals surface area contributed by atoms with E-state index in [0.29, 0.717) is 34.3 Å². The summed E-state index contributed by atoms with van der Waals surface area (Å²) in [4.78, 5) is 13.6. The summed E-state index contributed by atoms with van der Waals surface area (Å²) in [5.74, 6) is 0.629. The van der Waals surface area contributed by atoms with Crippen molar-refractivity contribution in [3.8, 4) is 16.8 Å². The van der Waals surface area contributed by atoms with Crippen molar-refractivity contribution in [1.29, 1.82) is 10.8 Å². The van der Waals surface area contributed by atoms with Crippen LogP contribution in [0.3, 0.4) is 0 Å². The highest BCUT2D eigenvalue weighted by molar-refractivity contribution is 6.30. The van der Waals surface area contributed by atoms with Gasteiger partial charge in [-0.15, -0.1) is 0 Å². The van der Waals surface area contributed by atoms with Gasteiger partial charge in [-0.05, 0) is 55.5 Å². The van der Waals surface area contributed by atoms with Crippen molar-refractivity contribution in [3.05, 3.63) is 81.2 Å². The molecule has 0 saturated heterocycles. The first-order valence-corrected chi connectivity index (χ1v) is 9.79. The standard InChI is InChI=1S/C22H20ClN5O2/c1-2-30-20-10-4-14-11-18(15-3-9-19(25)27(12-15)13-24)22(29)28(21(14)26-20)17-7-5-16(23)6-8-17/h3-13,20,24-26H,2H2,1H3. The van der Waals surface area contributed by atoms with Gasteiger partial charge in [0.05, 0.1) is 12.0 Å². The van der Waals surface area contributed by atoms with Gasteiger partial charge in [-0.25, -0.2) is 0 Å². The number of nitrogens with one attached hydrogen (secondary N) is 3. The Labute approximate surface area is 177 Å². The Balaban J connectivity index is 1.98. The van der Waals surface area contributed by atoms with Crippen LogP contribution in [0.25, 0.3) is 22.9 Å². The Morgan fingerprint density at radius 2 is 2.00 bits per heavy atom. The molecule has 0 fully saturated rings. The predicted molar refractivity (Wildman–Crippen MR) is 119 cm³/mol. The zero-order valence-electron chi connectivity index (χ0n) is 16.2. The molecular weight excluding hydrogens is 402 g/mol. The van der Waals surface area contributed by atoms with Gasteiger partial charge in [0.1, 0.15) is 17.5 Å². The molecule has 0 spiro atoms. The van der Waals surface area contributed by atoms with Crippen molar-refractivity contribution in [2.75, 3.05) is 11.9 Å². The average Bonchev–Trinajstić information content (AvgIpc) is 2.75. The third-order valence-corrected chi connectivity index (χ3v) is 5.07. The summed E-state index contributed by atoms with van der Waals surface area (Å²) < 4.78 is 8.61. The fraction of sp³-hybridized carbons (Fsp3) is 0.136. The number of benzene rings is 1.